The van der Waals surface area contributed by atoms with Crippen LogP contribution in [-0.2, 0) is 11.2 Å². The topological polar surface area (TPSA) is 78.1 Å². The molecule has 2 rings (SSSR count). The molecule has 0 spiro atoms. The molecular formula is C14H22N4O2. The molecule has 1 atom stereocenters. The average Bonchev–Trinajstić information content (AvgIpc) is 2.78. The zero-order chi connectivity index (χ0) is 14.9. The molecule has 1 aliphatic heterocycles. The van der Waals surface area contributed by atoms with E-state index in [9.17, 15) is 9.59 Å². The van der Waals surface area contributed by atoms with Gasteiger partial charge in [-0.3, -0.25) is 14.7 Å². The molecule has 1 aromatic rings. The fourth-order valence-electron chi connectivity index (χ4n) is 2.70. The summed E-state index contributed by atoms with van der Waals surface area (Å²) in [5.41, 5.74) is 2.28. The van der Waals surface area contributed by atoms with Gasteiger partial charge in [0, 0.05) is 24.3 Å². The second-order valence-corrected chi connectivity index (χ2v) is 5.51. The Labute approximate surface area is 118 Å². The first-order valence-electron chi connectivity index (χ1n) is 7.09. The van der Waals surface area contributed by atoms with Crippen LogP contribution in [0.1, 0.15) is 42.5 Å². The van der Waals surface area contributed by atoms with Gasteiger partial charge in [0.1, 0.15) is 6.04 Å². The van der Waals surface area contributed by atoms with Gasteiger partial charge in [0.15, 0.2) is 5.69 Å². The molecule has 0 aromatic carbocycles. The number of nitrogens with one attached hydrogen (secondary N) is 2. The van der Waals surface area contributed by atoms with Crippen LogP contribution in [0.3, 0.4) is 0 Å². The maximum absolute atomic E-state index is 12.7. The Balaban J connectivity index is 2.30. The Morgan fingerprint density at radius 3 is 2.75 bits per heavy atom. The minimum absolute atomic E-state index is 0.0733. The standard InChI is InChI=1S/C14H22N4O2/c1-5-10-9(4)11(17-16-10)14(20)18-7-6-15-13(19)12(18)8(2)3/h8,12H,5-7H2,1-4H3,(H,15,19)(H,16,17)/t12-/m0/s1. The first-order chi connectivity index (χ1) is 9.47. The third-order valence-electron chi connectivity index (χ3n) is 3.82. The summed E-state index contributed by atoms with van der Waals surface area (Å²) in [5.74, 6) is -0.167. The molecule has 1 saturated heterocycles. The van der Waals surface area contributed by atoms with Crippen molar-refractivity contribution in [2.24, 2.45) is 5.92 Å². The maximum Gasteiger partial charge on any atom is 0.275 e. The third kappa shape index (κ3) is 2.42. The Bertz CT molecular complexity index is 521. The summed E-state index contributed by atoms with van der Waals surface area (Å²) in [6, 6.07) is -0.419. The molecule has 1 aromatic heterocycles. The van der Waals surface area contributed by atoms with Crippen LogP contribution in [0.25, 0.3) is 0 Å². The van der Waals surface area contributed by atoms with Crippen molar-refractivity contribution in [3.05, 3.63) is 17.0 Å². The third-order valence-corrected chi connectivity index (χ3v) is 3.82. The largest absolute Gasteiger partial charge is 0.353 e. The molecule has 2 heterocycles. The van der Waals surface area contributed by atoms with Gasteiger partial charge in [0.2, 0.25) is 5.91 Å². The maximum atomic E-state index is 12.7. The van der Waals surface area contributed by atoms with Crippen LogP contribution in [0, 0.1) is 12.8 Å². The molecule has 1 aliphatic rings. The van der Waals surface area contributed by atoms with Gasteiger partial charge in [-0.1, -0.05) is 20.8 Å². The summed E-state index contributed by atoms with van der Waals surface area (Å²) in [6.45, 7) is 8.83. The number of carbonyl (C=O) groups excluding carboxylic acids is 2. The number of amides is 2. The van der Waals surface area contributed by atoms with Crippen molar-refractivity contribution in [1.82, 2.24) is 20.4 Å². The number of hydrogen-bond donors (Lipinski definition) is 2. The zero-order valence-corrected chi connectivity index (χ0v) is 12.5. The van der Waals surface area contributed by atoms with E-state index in [1.807, 2.05) is 27.7 Å². The predicted octanol–water partition coefficient (Wildman–Crippen LogP) is 0.877. The van der Waals surface area contributed by atoms with Crippen LogP contribution in [0.2, 0.25) is 0 Å². The van der Waals surface area contributed by atoms with E-state index in [1.54, 1.807) is 4.90 Å². The molecule has 0 unspecified atom stereocenters. The zero-order valence-electron chi connectivity index (χ0n) is 12.5. The van der Waals surface area contributed by atoms with Crippen LogP contribution in [0.4, 0.5) is 0 Å². The second-order valence-electron chi connectivity index (χ2n) is 5.51. The van der Waals surface area contributed by atoms with Gasteiger partial charge in [-0.05, 0) is 19.3 Å². The van der Waals surface area contributed by atoms with Crippen LogP contribution in [0.5, 0.6) is 0 Å². The monoisotopic (exact) mass is 278 g/mol. The van der Waals surface area contributed by atoms with Crippen LogP contribution in [-0.4, -0.2) is 46.0 Å². The summed E-state index contributed by atoms with van der Waals surface area (Å²) in [7, 11) is 0. The van der Waals surface area contributed by atoms with Crippen molar-refractivity contribution in [3.8, 4) is 0 Å². The SMILES string of the molecule is CCc1[nH]nc(C(=O)N2CCNC(=O)[C@@H]2C(C)C)c1C. The van der Waals surface area contributed by atoms with E-state index in [0.29, 0.717) is 18.8 Å². The molecule has 0 bridgehead atoms. The van der Waals surface area contributed by atoms with Crippen LogP contribution < -0.4 is 5.32 Å². The van der Waals surface area contributed by atoms with Crippen molar-refractivity contribution in [1.29, 1.82) is 0 Å². The average molecular weight is 278 g/mol. The quantitative estimate of drug-likeness (QED) is 0.861. The Hall–Kier alpha value is -1.85. The molecule has 20 heavy (non-hydrogen) atoms. The van der Waals surface area contributed by atoms with E-state index in [-0.39, 0.29) is 17.7 Å². The van der Waals surface area contributed by atoms with Gasteiger partial charge < -0.3 is 10.2 Å². The minimum Gasteiger partial charge on any atom is -0.353 e. The molecule has 2 amide bonds. The highest BCUT2D eigenvalue weighted by Gasteiger charge is 2.36. The lowest BCUT2D eigenvalue weighted by Gasteiger charge is -2.37. The van der Waals surface area contributed by atoms with Gasteiger partial charge in [0.25, 0.3) is 5.91 Å². The fraction of sp³-hybridized carbons (Fsp3) is 0.643. The molecule has 0 aliphatic carbocycles. The number of aryl methyl sites for hydroxylation is 1. The summed E-state index contributed by atoms with van der Waals surface area (Å²) < 4.78 is 0. The molecule has 6 nitrogen and oxygen atoms in total. The van der Waals surface area contributed by atoms with Crippen molar-refractivity contribution in [3.63, 3.8) is 0 Å². The predicted molar refractivity (Wildman–Crippen MR) is 75.4 cm³/mol. The Morgan fingerprint density at radius 2 is 2.20 bits per heavy atom. The van der Waals surface area contributed by atoms with Gasteiger partial charge >= 0.3 is 0 Å². The van der Waals surface area contributed by atoms with E-state index >= 15 is 0 Å². The molecular weight excluding hydrogens is 256 g/mol. The molecule has 110 valence electrons. The molecule has 0 radical (unpaired) electrons. The van der Waals surface area contributed by atoms with Gasteiger partial charge in [-0.25, -0.2) is 0 Å². The van der Waals surface area contributed by atoms with Crippen LogP contribution in [0.15, 0.2) is 0 Å². The van der Waals surface area contributed by atoms with E-state index < -0.39 is 6.04 Å². The molecule has 2 N–H and O–H groups in total. The summed E-state index contributed by atoms with van der Waals surface area (Å²) in [6.07, 6.45) is 0.806. The first kappa shape index (κ1) is 14.6. The second kappa shape index (κ2) is 5.64. The number of carbonyl (C=O) groups is 2. The molecule has 6 heteroatoms. The van der Waals surface area contributed by atoms with E-state index in [2.05, 4.69) is 15.5 Å². The van der Waals surface area contributed by atoms with Gasteiger partial charge in [0.05, 0.1) is 0 Å². The number of aromatic nitrogens is 2. The van der Waals surface area contributed by atoms with E-state index in [4.69, 9.17) is 0 Å². The number of aromatic amines is 1. The van der Waals surface area contributed by atoms with Crippen molar-refractivity contribution < 1.29 is 9.59 Å². The van der Waals surface area contributed by atoms with Crippen LogP contribution >= 0.6 is 0 Å². The number of piperazine rings is 1. The van der Waals surface area contributed by atoms with Gasteiger partial charge in [-0.2, -0.15) is 5.10 Å². The number of hydrogen-bond acceptors (Lipinski definition) is 3. The highest BCUT2D eigenvalue weighted by Crippen LogP contribution is 2.19. The van der Waals surface area contributed by atoms with Gasteiger partial charge in [-0.15, -0.1) is 0 Å². The smallest absolute Gasteiger partial charge is 0.275 e. The van der Waals surface area contributed by atoms with E-state index in [1.165, 1.54) is 0 Å². The molecule has 0 saturated carbocycles. The summed E-state index contributed by atoms with van der Waals surface area (Å²) in [5, 5.41) is 9.85. The van der Waals surface area contributed by atoms with Crippen molar-refractivity contribution >= 4 is 11.8 Å². The lowest BCUT2D eigenvalue weighted by Crippen LogP contribution is -2.59. The Kier molecular flexibility index (Phi) is 4.11. The fourth-order valence-corrected chi connectivity index (χ4v) is 2.70. The van der Waals surface area contributed by atoms with Crippen molar-refractivity contribution in [2.75, 3.05) is 13.1 Å². The lowest BCUT2D eigenvalue weighted by molar-refractivity contribution is -0.129. The van der Waals surface area contributed by atoms with E-state index in [0.717, 1.165) is 17.7 Å². The highest BCUT2D eigenvalue weighted by molar-refractivity contribution is 5.98. The number of nitrogens with zero attached hydrogens (tertiary/aromatic N) is 2. The van der Waals surface area contributed by atoms with Crippen molar-refractivity contribution in [2.45, 2.75) is 40.2 Å². The summed E-state index contributed by atoms with van der Waals surface area (Å²) >= 11 is 0. The highest BCUT2D eigenvalue weighted by atomic mass is 16.2. The minimum atomic E-state index is -0.419. The lowest BCUT2D eigenvalue weighted by atomic mass is 9.99. The Morgan fingerprint density at radius 1 is 1.50 bits per heavy atom. The normalized spacial score (nSPS) is 19.4. The first-order valence-corrected chi connectivity index (χ1v) is 7.09. The number of H-pyrrole nitrogens is 1. The number of rotatable bonds is 3. The molecule has 1 fully saturated rings. The summed E-state index contributed by atoms with van der Waals surface area (Å²) in [4.78, 5) is 26.3.